The Hall–Kier alpha value is -3.07. The largest absolute Gasteiger partial charge is 0.495 e. The maximum atomic E-state index is 12.4. The van der Waals surface area contributed by atoms with E-state index in [1.807, 2.05) is 0 Å². The third kappa shape index (κ3) is 4.42. The molecule has 1 fully saturated rings. The summed E-state index contributed by atoms with van der Waals surface area (Å²) in [5, 5.41) is 6.50. The third-order valence-electron chi connectivity index (χ3n) is 4.13. The van der Waals surface area contributed by atoms with E-state index in [2.05, 4.69) is 10.5 Å². The minimum atomic E-state index is -0.696. The van der Waals surface area contributed by atoms with Crippen molar-refractivity contribution in [2.75, 3.05) is 30.5 Å². The maximum absolute atomic E-state index is 12.4. The Morgan fingerprint density at radius 1 is 1.39 bits per heavy atom. The molecule has 1 aliphatic heterocycles. The van der Waals surface area contributed by atoms with Crippen LogP contribution in [0.3, 0.4) is 0 Å². The number of benzene rings is 1. The van der Waals surface area contributed by atoms with Gasteiger partial charge >= 0.3 is 5.97 Å². The molecule has 2 heterocycles. The van der Waals surface area contributed by atoms with Crippen LogP contribution in [0.5, 0.6) is 5.75 Å². The van der Waals surface area contributed by atoms with E-state index in [9.17, 15) is 14.4 Å². The molecule has 0 unspecified atom stereocenters. The predicted molar refractivity (Wildman–Crippen MR) is 99.3 cm³/mol. The van der Waals surface area contributed by atoms with Crippen molar-refractivity contribution in [1.29, 1.82) is 0 Å². The molecule has 1 aromatic carbocycles. The Kier molecular flexibility index (Phi) is 5.84. The average Bonchev–Trinajstić information content (AvgIpc) is 3.25. The maximum Gasteiger partial charge on any atom is 0.311 e. The standard InChI is InChI=1S/C18H18ClN3O6/c1-10-5-15(21-28-10)20-16(23)9-27-18(25)11-6-17(24)22(8-11)13-7-12(19)3-4-14(13)26-2/h3-5,7,11H,6,8-9H2,1-2H3,(H,20,21,23)/t11-/m1/s1. The first kappa shape index (κ1) is 19.7. The lowest BCUT2D eigenvalue weighted by Gasteiger charge is -2.19. The molecule has 1 atom stereocenters. The number of nitrogens with one attached hydrogen (secondary N) is 1. The van der Waals surface area contributed by atoms with Crippen molar-refractivity contribution in [3.8, 4) is 5.75 Å². The average molecular weight is 408 g/mol. The fraction of sp³-hybridized carbons (Fsp3) is 0.333. The second-order valence-corrected chi connectivity index (χ2v) is 6.64. The number of aryl methyl sites for hydroxylation is 1. The zero-order valence-electron chi connectivity index (χ0n) is 15.2. The lowest BCUT2D eigenvalue weighted by atomic mass is 10.1. The van der Waals surface area contributed by atoms with Gasteiger partial charge in [0.05, 0.1) is 18.7 Å². The van der Waals surface area contributed by atoms with Crippen LogP contribution in [-0.2, 0) is 19.1 Å². The van der Waals surface area contributed by atoms with E-state index in [0.29, 0.717) is 22.2 Å². The molecule has 2 amide bonds. The molecule has 148 valence electrons. The summed E-state index contributed by atoms with van der Waals surface area (Å²) in [5.41, 5.74) is 0.481. The van der Waals surface area contributed by atoms with Gasteiger partial charge in [-0.15, -0.1) is 0 Å². The molecule has 3 rings (SSSR count). The number of halogens is 1. The summed E-state index contributed by atoms with van der Waals surface area (Å²) in [4.78, 5) is 37.9. The Bertz CT molecular complexity index is 912. The highest BCUT2D eigenvalue weighted by Gasteiger charge is 2.37. The fourth-order valence-corrected chi connectivity index (χ4v) is 3.00. The Balaban J connectivity index is 1.58. The molecule has 0 aliphatic carbocycles. The van der Waals surface area contributed by atoms with E-state index in [0.717, 1.165) is 0 Å². The summed E-state index contributed by atoms with van der Waals surface area (Å²) in [5.74, 6) is -0.915. The van der Waals surface area contributed by atoms with Gasteiger partial charge in [-0.2, -0.15) is 0 Å². The molecular weight excluding hydrogens is 390 g/mol. The van der Waals surface area contributed by atoms with Crippen molar-refractivity contribution in [1.82, 2.24) is 5.16 Å². The van der Waals surface area contributed by atoms with Gasteiger partial charge in [0, 0.05) is 24.1 Å². The number of carbonyl (C=O) groups excluding carboxylic acids is 3. The van der Waals surface area contributed by atoms with Crippen molar-refractivity contribution in [2.24, 2.45) is 5.92 Å². The molecule has 9 nitrogen and oxygen atoms in total. The highest BCUT2D eigenvalue weighted by molar-refractivity contribution is 6.31. The first-order chi connectivity index (χ1) is 13.4. The number of anilines is 2. The molecular formula is C18H18ClN3O6. The van der Waals surface area contributed by atoms with E-state index in [1.54, 1.807) is 25.1 Å². The summed E-state index contributed by atoms with van der Waals surface area (Å²) >= 11 is 6.01. The highest BCUT2D eigenvalue weighted by atomic mass is 35.5. The van der Waals surface area contributed by atoms with Crippen LogP contribution in [0.15, 0.2) is 28.8 Å². The number of hydrogen-bond acceptors (Lipinski definition) is 7. The lowest BCUT2D eigenvalue weighted by molar-refractivity contribution is -0.151. The number of esters is 1. The summed E-state index contributed by atoms with van der Waals surface area (Å²) in [7, 11) is 1.48. The molecule has 1 aromatic heterocycles. The summed E-state index contributed by atoms with van der Waals surface area (Å²) in [6, 6.07) is 6.42. The predicted octanol–water partition coefficient (Wildman–Crippen LogP) is 2.18. The van der Waals surface area contributed by atoms with E-state index in [1.165, 1.54) is 18.1 Å². The second kappa shape index (κ2) is 8.30. The number of amides is 2. The molecule has 2 aromatic rings. The minimum absolute atomic E-state index is 0.0292. The second-order valence-electron chi connectivity index (χ2n) is 6.20. The van der Waals surface area contributed by atoms with Crippen molar-refractivity contribution in [2.45, 2.75) is 13.3 Å². The van der Waals surface area contributed by atoms with Gasteiger partial charge in [-0.1, -0.05) is 16.8 Å². The van der Waals surface area contributed by atoms with Gasteiger partial charge in [0.2, 0.25) is 5.91 Å². The van der Waals surface area contributed by atoms with Crippen LogP contribution < -0.4 is 15.0 Å². The van der Waals surface area contributed by atoms with Crippen molar-refractivity contribution in [3.05, 3.63) is 35.0 Å². The van der Waals surface area contributed by atoms with E-state index in [-0.39, 0.29) is 24.7 Å². The van der Waals surface area contributed by atoms with Crippen molar-refractivity contribution < 1.29 is 28.4 Å². The van der Waals surface area contributed by atoms with Crippen LogP contribution in [0.1, 0.15) is 12.2 Å². The van der Waals surface area contributed by atoms with Gasteiger partial charge in [-0.3, -0.25) is 14.4 Å². The fourth-order valence-electron chi connectivity index (χ4n) is 2.83. The van der Waals surface area contributed by atoms with Gasteiger partial charge in [0.1, 0.15) is 11.5 Å². The van der Waals surface area contributed by atoms with Crippen LogP contribution in [0.2, 0.25) is 5.02 Å². The van der Waals surface area contributed by atoms with Crippen LogP contribution in [0.25, 0.3) is 0 Å². The minimum Gasteiger partial charge on any atom is -0.495 e. The Morgan fingerprint density at radius 2 is 2.18 bits per heavy atom. The summed E-state index contributed by atoms with van der Waals surface area (Å²) in [6.07, 6.45) is -0.0292. The molecule has 1 saturated heterocycles. The molecule has 0 radical (unpaired) electrons. The molecule has 28 heavy (non-hydrogen) atoms. The van der Waals surface area contributed by atoms with Gasteiger partial charge in [0.25, 0.3) is 5.91 Å². The van der Waals surface area contributed by atoms with Crippen LogP contribution in [0.4, 0.5) is 11.5 Å². The lowest BCUT2D eigenvalue weighted by Crippen LogP contribution is -2.28. The smallest absolute Gasteiger partial charge is 0.311 e. The van der Waals surface area contributed by atoms with Crippen molar-refractivity contribution >= 4 is 40.9 Å². The first-order valence-electron chi connectivity index (χ1n) is 8.41. The number of hydrogen-bond donors (Lipinski definition) is 1. The number of methoxy groups -OCH3 is 1. The zero-order chi connectivity index (χ0) is 20.3. The third-order valence-corrected chi connectivity index (χ3v) is 4.37. The number of aromatic nitrogens is 1. The number of ether oxygens (including phenoxy) is 2. The van der Waals surface area contributed by atoms with Gasteiger partial charge in [-0.25, -0.2) is 0 Å². The van der Waals surface area contributed by atoms with Crippen LogP contribution in [-0.4, -0.2) is 43.2 Å². The number of nitrogens with zero attached hydrogens (tertiary/aromatic N) is 2. The molecule has 0 bridgehead atoms. The number of carbonyl (C=O) groups is 3. The summed E-state index contributed by atoms with van der Waals surface area (Å²) in [6.45, 7) is 1.30. The van der Waals surface area contributed by atoms with Crippen molar-refractivity contribution in [3.63, 3.8) is 0 Å². The van der Waals surface area contributed by atoms with Crippen LogP contribution in [0, 0.1) is 12.8 Å². The first-order valence-corrected chi connectivity index (χ1v) is 8.79. The monoisotopic (exact) mass is 407 g/mol. The molecule has 1 aliphatic rings. The molecule has 0 spiro atoms. The normalized spacial score (nSPS) is 16.2. The van der Waals surface area contributed by atoms with Gasteiger partial charge in [-0.05, 0) is 25.1 Å². The Labute approximate surface area is 165 Å². The molecule has 10 heteroatoms. The molecule has 0 saturated carbocycles. The summed E-state index contributed by atoms with van der Waals surface area (Å²) < 4.78 is 15.1. The zero-order valence-corrected chi connectivity index (χ0v) is 16.0. The van der Waals surface area contributed by atoms with Gasteiger partial charge < -0.3 is 24.2 Å². The van der Waals surface area contributed by atoms with E-state index < -0.39 is 24.4 Å². The highest BCUT2D eigenvalue weighted by Crippen LogP contribution is 2.35. The topological polar surface area (TPSA) is 111 Å². The van der Waals surface area contributed by atoms with E-state index >= 15 is 0 Å². The number of rotatable bonds is 6. The van der Waals surface area contributed by atoms with Crippen LogP contribution >= 0.6 is 11.6 Å². The molecule has 1 N–H and O–H groups in total. The SMILES string of the molecule is COc1ccc(Cl)cc1N1C[C@H](C(=O)OCC(=O)Nc2cc(C)on2)CC1=O. The van der Waals surface area contributed by atoms with Gasteiger partial charge in [0.15, 0.2) is 12.4 Å². The quantitative estimate of drug-likeness (QED) is 0.730. The Morgan fingerprint density at radius 3 is 2.86 bits per heavy atom. The van der Waals surface area contributed by atoms with E-state index in [4.69, 9.17) is 25.6 Å².